The normalized spacial score (nSPS) is 10.2. The summed E-state index contributed by atoms with van der Waals surface area (Å²) >= 11 is 0. The second-order valence-electron chi connectivity index (χ2n) is 4.38. The van der Waals surface area contributed by atoms with Crippen LogP contribution in [0.4, 0.5) is 0 Å². The fourth-order valence-corrected chi connectivity index (χ4v) is 1.71. The zero-order chi connectivity index (χ0) is 14.8. The molecule has 0 heterocycles. The van der Waals surface area contributed by atoms with E-state index >= 15 is 0 Å². The maximum absolute atomic E-state index is 11.5. The maximum Gasteiger partial charge on any atom is 0.257 e. The minimum absolute atomic E-state index is 0.00541. The molecule has 1 aromatic rings. The topological polar surface area (TPSA) is 59.6 Å². The molecule has 0 unspecified atom stereocenters. The molecule has 1 rings (SSSR count). The van der Waals surface area contributed by atoms with Gasteiger partial charge in [-0.1, -0.05) is 13.0 Å². The number of ether oxygens (including phenoxy) is 2. The summed E-state index contributed by atoms with van der Waals surface area (Å²) in [6.45, 7) is 5.92. The summed E-state index contributed by atoms with van der Waals surface area (Å²) in [6.07, 6.45) is 0.911. The van der Waals surface area contributed by atoms with Crippen molar-refractivity contribution in [3.05, 3.63) is 23.8 Å². The Morgan fingerprint density at radius 2 is 2.00 bits per heavy atom. The van der Waals surface area contributed by atoms with Gasteiger partial charge in [0.05, 0.1) is 6.61 Å². The molecule has 5 nitrogen and oxygen atoms in total. The quantitative estimate of drug-likeness (QED) is 0.723. The second-order valence-corrected chi connectivity index (χ2v) is 4.38. The molecule has 20 heavy (non-hydrogen) atoms. The largest absolute Gasteiger partial charge is 0.490 e. The van der Waals surface area contributed by atoms with E-state index < -0.39 is 0 Å². The van der Waals surface area contributed by atoms with E-state index in [9.17, 15) is 4.79 Å². The van der Waals surface area contributed by atoms with Gasteiger partial charge in [-0.25, -0.2) is 0 Å². The third kappa shape index (κ3) is 5.48. The van der Waals surface area contributed by atoms with Crippen LogP contribution in [0.3, 0.4) is 0 Å². The van der Waals surface area contributed by atoms with Crippen molar-refractivity contribution in [2.24, 2.45) is 0 Å². The number of hydrogen-bond donors (Lipinski definition) is 2. The highest BCUT2D eigenvalue weighted by Crippen LogP contribution is 2.28. The Bertz CT molecular complexity index is 422. The van der Waals surface area contributed by atoms with Gasteiger partial charge in [0, 0.05) is 13.1 Å². The average Bonchev–Trinajstić information content (AvgIpc) is 2.45. The van der Waals surface area contributed by atoms with E-state index in [1.165, 1.54) is 0 Å². The number of carbonyl (C=O) groups is 1. The SMILES string of the molecule is CCCNC(=O)COc1ccc(CNC)cc1OCC. The van der Waals surface area contributed by atoms with Gasteiger partial charge < -0.3 is 20.1 Å². The zero-order valence-electron chi connectivity index (χ0n) is 12.5. The first kappa shape index (κ1) is 16.3. The Balaban J connectivity index is 2.65. The fraction of sp³-hybridized carbons (Fsp3) is 0.533. The van der Waals surface area contributed by atoms with Gasteiger partial charge in [0.2, 0.25) is 0 Å². The molecule has 0 aliphatic heterocycles. The Morgan fingerprint density at radius 1 is 1.20 bits per heavy atom. The molecule has 112 valence electrons. The summed E-state index contributed by atoms with van der Waals surface area (Å²) in [6, 6.07) is 5.72. The van der Waals surface area contributed by atoms with Crippen molar-refractivity contribution in [3.8, 4) is 11.5 Å². The lowest BCUT2D eigenvalue weighted by atomic mass is 10.2. The minimum Gasteiger partial charge on any atom is -0.490 e. The molecule has 0 saturated carbocycles. The van der Waals surface area contributed by atoms with Gasteiger partial charge in [0.15, 0.2) is 18.1 Å². The minimum atomic E-state index is -0.117. The van der Waals surface area contributed by atoms with Crippen molar-refractivity contribution in [1.82, 2.24) is 10.6 Å². The first-order valence-electron chi connectivity index (χ1n) is 7.01. The Hall–Kier alpha value is -1.75. The van der Waals surface area contributed by atoms with Crippen molar-refractivity contribution in [1.29, 1.82) is 0 Å². The van der Waals surface area contributed by atoms with Crippen molar-refractivity contribution in [3.63, 3.8) is 0 Å². The summed E-state index contributed by atoms with van der Waals surface area (Å²) in [5, 5.41) is 5.86. The molecule has 0 spiro atoms. The maximum atomic E-state index is 11.5. The number of nitrogens with one attached hydrogen (secondary N) is 2. The molecule has 5 heteroatoms. The standard InChI is InChI=1S/C15H24N2O3/c1-4-8-17-15(18)11-20-13-7-6-12(10-16-3)9-14(13)19-5-2/h6-7,9,16H,4-5,8,10-11H2,1-3H3,(H,17,18). The van der Waals surface area contributed by atoms with Gasteiger partial charge >= 0.3 is 0 Å². The van der Waals surface area contributed by atoms with Crippen LogP contribution in [0.1, 0.15) is 25.8 Å². The van der Waals surface area contributed by atoms with Crippen LogP contribution in [0.2, 0.25) is 0 Å². The molecule has 0 aliphatic carbocycles. The number of rotatable bonds is 9. The van der Waals surface area contributed by atoms with Crippen LogP contribution in [0, 0.1) is 0 Å². The highest BCUT2D eigenvalue weighted by Gasteiger charge is 2.08. The number of amides is 1. The van der Waals surface area contributed by atoms with Gasteiger partial charge in [0.1, 0.15) is 0 Å². The molecular formula is C15H24N2O3. The predicted molar refractivity (Wildman–Crippen MR) is 79.2 cm³/mol. The third-order valence-corrected chi connectivity index (χ3v) is 2.62. The van der Waals surface area contributed by atoms with Crippen LogP contribution in [0.15, 0.2) is 18.2 Å². The van der Waals surface area contributed by atoms with E-state index in [0.717, 1.165) is 18.5 Å². The Morgan fingerprint density at radius 3 is 2.65 bits per heavy atom. The van der Waals surface area contributed by atoms with Crippen LogP contribution in [0.25, 0.3) is 0 Å². The van der Waals surface area contributed by atoms with Crippen LogP contribution >= 0.6 is 0 Å². The zero-order valence-corrected chi connectivity index (χ0v) is 12.5. The molecule has 0 atom stereocenters. The molecule has 1 amide bonds. The molecule has 0 radical (unpaired) electrons. The number of benzene rings is 1. The molecular weight excluding hydrogens is 256 g/mol. The summed E-state index contributed by atoms with van der Waals surface area (Å²) in [4.78, 5) is 11.5. The van der Waals surface area contributed by atoms with Crippen LogP contribution in [-0.2, 0) is 11.3 Å². The van der Waals surface area contributed by atoms with Crippen LogP contribution in [0.5, 0.6) is 11.5 Å². The molecule has 0 aromatic heterocycles. The van der Waals surface area contributed by atoms with Crippen molar-refractivity contribution < 1.29 is 14.3 Å². The molecule has 0 fully saturated rings. The fourth-order valence-electron chi connectivity index (χ4n) is 1.71. The monoisotopic (exact) mass is 280 g/mol. The van der Waals surface area contributed by atoms with Gasteiger partial charge in [-0.3, -0.25) is 4.79 Å². The Labute approximate surface area is 120 Å². The molecule has 2 N–H and O–H groups in total. The lowest BCUT2D eigenvalue weighted by Crippen LogP contribution is -2.29. The van der Waals surface area contributed by atoms with Crippen LogP contribution in [-0.4, -0.2) is 32.7 Å². The third-order valence-electron chi connectivity index (χ3n) is 2.62. The van der Waals surface area contributed by atoms with E-state index in [2.05, 4.69) is 10.6 Å². The van der Waals surface area contributed by atoms with E-state index in [-0.39, 0.29) is 12.5 Å². The summed E-state index contributed by atoms with van der Waals surface area (Å²) in [7, 11) is 1.89. The first-order valence-corrected chi connectivity index (χ1v) is 7.01. The highest BCUT2D eigenvalue weighted by atomic mass is 16.5. The van der Waals surface area contributed by atoms with Crippen molar-refractivity contribution >= 4 is 5.91 Å². The first-order chi connectivity index (χ1) is 9.71. The van der Waals surface area contributed by atoms with Gasteiger partial charge in [-0.2, -0.15) is 0 Å². The van der Waals surface area contributed by atoms with Crippen molar-refractivity contribution in [2.45, 2.75) is 26.8 Å². The lowest BCUT2D eigenvalue weighted by molar-refractivity contribution is -0.123. The summed E-state index contributed by atoms with van der Waals surface area (Å²) in [5.41, 5.74) is 1.11. The van der Waals surface area contributed by atoms with Gasteiger partial charge in [-0.15, -0.1) is 0 Å². The van der Waals surface area contributed by atoms with E-state index in [4.69, 9.17) is 9.47 Å². The number of carbonyl (C=O) groups excluding carboxylic acids is 1. The van der Waals surface area contributed by atoms with Crippen LogP contribution < -0.4 is 20.1 Å². The van der Waals surface area contributed by atoms with E-state index in [1.54, 1.807) is 0 Å². The lowest BCUT2D eigenvalue weighted by Gasteiger charge is -2.13. The molecule has 0 saturated heterocycles. The van der Waals surface area contributed by atoms with E-state index in [0.29, 0.717) is 24.7 Å². The second kappa shape index (κ2) is 9.20. The van der Waals surface area contributed by atoms with Gasteiger partial charge in [0.25, 0.3) is 5.91 Å². The van der Waals surface area contributed by atoms with Gasteiger partial charge in [-0.05, 0) is 38.1 Å². The molecule has 0 bridgehead atoms. The highest BCUT2D eigenvalue weighted by molar-refractivity contribution is 5.77. The smallest absolute Gasteiger partial charge is 0.257 e. The summed E-state index contributed by atoms with van der Waals surface area (Å²) in [5.74, 6) is 1.15. The average molecular weight is 280 g/mol. The Kier molecular flexibility index (Phi) is 7.50. The number of hydrogen-bond acceptors (Lipinski definition) is 4. The van der Waals surface area contributed by atoms with Crippen molar-refractivity contribution in [2.75, 3.05) is 26.8 Å². The predicted octanol–water partition coefficient (Wildman–Crippen LogP) is 1.71. The summed E-state index contributed by atoms with van der Waals surface area (Å²) < 4.78 is 11.1. The molecule has 1 aromatic carbocycles. The van der Waals surface area contributed by atoms with E-state index in [1.807, 2.05) is 39.1 Å². The molecule has 0 aliphatic rings.